The maximum absolute atomic E-state index is 6.30. The second-order valence-electron chi connectivity index (χ2n) is 5.20. The van der Waals surface area contributed by atoms with Crippen LogP contribution >= 0.6 is 39.1 Å². The van der Waals surface area contributed by atoms with Gasteiger partial charge in [0.1, 0.15) is 5.75 Å². The number of methoxy groups -OCH3 is 1. The highest BCUT2D eigenvalue weighted by Crippen LogP contribution is 2.40. The Morgan fingerprint density at radius 2 is 1.95 bits per heavy atom. The number of ether oxygens (including phenoxy) is 1. The molecule has 0 heterocycles. The zero-order chi connectivity index (χ0) is 13.8. The lowest BCUT2D eigenvalue weighted by Crippen LogP contribution is -1.98. The summed E-state index contributed by atoms with van der Waals surface area (Å²) in [5.74, 6) is 1.53. The van der Waals surface area contributed by atoms with Gasteiger partial charge in [-0.2, -0.15) is 0 Å². The van der Waals surface area contributed by atoms with Crippen molar-refractivity contribution in [3.63, 3.8) is 0 Å². The highest BCUT2D eigenvalue weighted by molar-refractivity contribution is 9.09. The minimum Gasteiger partial charge on any atom is -0.495 e. The van der Waals surface area contributed by atoms with Crippen molar-refractivity contribution < 1.29 is 4.74 Å². The predicted octanol–water partition coefficient (Wildman–Crippen LogP) is 6.41. The summed E-state index contributed by atoms with van der Waals surface area (Å²) in [5.41, 5.74) is 1.06. The molecule has 1 nitrogen and oxygen atoms in total. The van der Waals surface area contributed by atoms with Gasteiger partial charge in [0.15, 0.2) is 0 Å². The number of alkyl halides is 1. The minimum absolute atomic E-state index is 0.268. The SMILES string of the molecule is COc1cc(Cl)c(C(Br)CCC2CCCC2)cc1Cl. The molecule has 0 amide bonds. The van der Waals surface area contributed by atoms with E-state index in [0.717, 1.165) is 22.9 Å². The van der Waals surface area contributed by atoms with Crippen molar-refractivity contribution in [2.45, 2.75) is 43.4 Å². The van der Waals surface area contributed by atoms with Crippen LogP contribution in [0.4, 0.5) is 0 Å². The summed E-state index contributed by atoms with van der Waals surface area (Å²) in [6.45, 7) is 0. The van der Waals surface area contributed by atoms with E-state index in [0.29, 0.717) is 10.8 Å². The molecule has 1 fully saturated rings. The van der Waals surface area contributed by atoms with Crippen molar-refractivity contribution in [2.24, 2.45) is 5.92 Å². The van der Waals surface area contributed by atoms with Gasteiger partial charge in [-0.3, -0.25) is 0 Å². The van der Waals surface area contributed by atoms with Gasteiger partial charge in [-0.15, -0.1) is 0 Å². The zero-order valence-electron chi connectivity index (χ0n) is 11.1. The van der Waals surface area contributed by atoms with Crippen LogP contribution in [-0.2, 0) is 0 Å². The fourth-order valence-corrected chi connectivity index (χ4v) is 4.09. The van der Waals surface area contributed by atoms with Crippen LogP contribution in [0.5, 0.6) is 5.75 Å². The van der Waals surface area contributed by atoms with Gasteiger partial charge in [0.05, 0.1) is 12.1 Å². The molecule has 1 aliphatic carbocycles. The molecule has 0 radical (unpaired) electrons. The summed E-state index contributed by atoms with van der Waals surface area (Å²) in [6, 6.07) is 3.71. The highest BCUT2D eigenvalue weighted by Gasteiger charge is 2.19. The van der Waals surface area contributed by atoms with E-state index in [-0.39, 0.29) is 4.83 Å². The van der Waals surface area contributed by atoms with Crippen molar-refractivity contribution in [1.82, 2.24) is 0 Å². The standard InChI is InChI=1S/C15H19BrCl2O/c1-19-15-9-13(17)11(8-14(15)18)12(16)7-6-10-4-2-3-5-10/h8-10,12H,2-7H2,1H3. The van der Waals surface area contributed by atoms with E-state index in [2.05, 4.69) is 15.9 Å². The maximum Gasteiger partial charge on any atom is 0.138 e. The molecule has 0 bridgehead atoms. The normalized spacial score (nSPS) is 17.7. The van der Waals surface area contributed by atoms with Crippen LogP contribution in [0.1, 0.15) is 48.9 Å². The molecule has 1 saturated carbocycles. The quantitative estimate of drug-likeness (QED) is 0.548. The average Bonchev–Trinajstić information content (AvgIpc) is 2.91. The van der Waals surface area contributed by atoms with Crippen molar-refractivity contribution in [3.05, 3.63) is 27.7 Å². The van der Waals surface area contributed by atoms with Crippen LogP contribution in [-0.4, -0.2) is 7.11 Å². The zero-order valence-corrected chi connectivity index (χ0v) is 14.2. The van der Waals surface area contributed by atoms with Gasteiger partial charge < -0.3 is 4.74 Å². The van der Waals surface area contributed by atoms with Gasteiger partial charge in [-0.25, -0.2) is 0 Å². The highest BCUT2D eigenvalue weighted by atomic mass is 79.9. The molecule has 0 N–H and O–H groups in total. The second kappa shape index (κ2) is 7.19. The third-order valence-electron chi connectivity index (χ3n) is 3.91. The van der Waals surface area contributed by atoms with Gasteiger partial charge in [0, 0.05) is 15.9 Å². The molecule has 19 heavy (non-hydrogen) atoms. The molecule has 1 aliphatic rings. The summed E-state index contributed by atoms with van der Waals surface area (Å²) in [6.07, 6.45) is 7.93. The molecule has 0 aliphatic heterocycles. The second-order valence-corrected chi connectivity index (χ2v) is 7.12. The number of benzene rings is 1. The lowest BCUT2D eigenvalue weighted by atomic mass is 9.98. The molecule has 2 rings (SSSR count). The number of hydrogen-bond acceptors (Lipinski definition) is 1. The first-order valence-corrected chi connectivity index (χ1v) is 8.46. The molecule has 0 aromatic heterocycles. The fraction of sp³-hybridized carbons (Fsp3) is 0.600. The van der Waals surface area contributed by atoms with E-state index < -0.39 is 0 Å². The Bertz CT molecular complexity index is 430. The summed E-state index contributed by atoms with van der Waals surface area (Å²) >= 11 is 16.2. The van der Waals surface area contributed by atoms with Crippen LogP contribution in [0.15, 0.2) is 12.1 Å². The largest absolute Gasteiger partial charge is 0.495 e. The van der Waals surface area contributed by atoms with Gasteiger partial charge in [0.25, 0.3) is 0 Å². The van der Waals surface area contributed by atoms with E-state index in [9.17, 15) is 0 Å². The predicted molar refractivity (Wildman–Crippen MR) is 85.9 cm³/mol. The average molecular weight is 366 g/mol. The van der Waals surface area contributed by atoms with Gasteiger partial charge in [-0.05, 0) is 30.4 Å². The smallest absolute Gasteiger partial charge is 0.138 e. The Balaban J connectivity index is 2.01. The first-order valence-electron chi connectivity index (χ1n) is 6.78. The lowest BCUT2D eigenvalue weighted by molar-refractivity contribution is 0.415. The molecule has 1 aromatic carbocycles. The van der Waals surface area contributed by atoms with Crippen LogP contribution < -0.4 is 4.74 Å². The van der Waals surface area contributed by atoms with Gasteiger partial charge in [0.2, 0.25) is 0 Å². The van der Waals surface area contributed by atoms with E-state index >= 15 is 0 Å². The fourth-order valence-electron chi connectivity index (χ4n) is 2.78. The van der Waals surface area contributed by atoms with E-state index in [1.54, 1.807) is 13.2 Å². The molecule has 1 atom stereocenters. The Hall–Kier alpha value is 0.0800. The van der Waals surface area contributed by atoms with E-state index in [1.165, 1.54) is 32.1 Å². The Morgan fingerprint density at radius 1 is 1.26 bits per heavy atom. The molecule has 1 aromatic rings. The minimum atomic E-state index is 0.268. The lowest BCUT2D eigenvalue weighted by Gasteiger charge is -2.16. The topological polar surface area (TPSA) is 9.23 Å². The number of halogens is 3. The first-order chi connectivity index (χ1) is 9.11. The molecule has 106 valence electrons. The third-order valence-corrected chi connectivity index (χ3v) is 5.49. The summed E-state index contributed by atoms with van der Waals surface area (Å²) < 4.78 is 5.17. The van der Waals surface area contributed by atoms with Crippen molar-refractivity contribution in [1.29, 1.82) is 0 Å². The van der Waals surface area contributed by atoms with Crippen LogP contribution in [0, 0.1) is 5.92 Å². The van der Waals surface area contributed by atoms with Crippen molar-refractivity contribution >= 4 is 39.1 Å². The third kappa shape index (κ3) is 4.03. The van der Waals surface area contributed by atoms with Crippen LogP contribution in [0.2, 0.25) is 10.0 Å². The molecule has 4 heteroatoms. The summed E-state index contributed by atoms with van der Waals surface area (Å²) in [5, 5.41) is 1.33. The molecule has 0 spiro atoms. The number of hydrogen-bond donors (Lipinski definition) is 0. The monoisotopic (exact) mass is 364 g/mol. The van der Waals surface area contributed by atoms with Crippen LogP contribution in [0.25, 0.3) is 0 Å². The van der Waals surface area contributed by atoms with Crippen molar-refractivity contribution in [2.75, 3.05) is 7.11 Å². The Kier molecular flexibility index (Phi) is 5.86. The van der Waals surface area contributed by atoms with E-state index in [1.807, 2.05) is 6.07 Å². The molecule has 1 unspecified atom stereocenters. The van der Waals surface area contributed by atoms with Gasteiger partial charge in [-0.1, -0.05) is 64.8 Å². The summed E-state index contributed by atoms with van der Waals surface area (Å²) in [7, 11) is 1.60. The first kappa shape index (κ1) is 15.5. The van der Waals surface area contributed by atoms with Gasteiger partial charge >= 0.3 is 0 Å². The van der Waals surface area contributed by atoms with Crippen molar-refractivity contribution in [3.8, 4) is 5.75 Å². The Morgan fingerprint density at radius 3 is 2.58 bits per heavy atom. The van der Waals surface area contributed by atoms with E-state index in [4.69, 9.17) is 27.9 Å². The molecular weight excluding hydrogens is 347 g/mol. The summed E-state index contributed by atoms with van der Waals surface area (Å²) in [4.78, 5) is 0.268. The molecule has 0 saturated heterocycles. The number of rotatable bonds is 5. The Labute approximate surface area is 133 Å². The molecular formula is C15H19BrCl2O. The maximum atomic E-state index is 6.30. The van der Waals surface area contributed by atoms with Crippen LogP contribution in [0.3, 0.4) is 0 Å².